The van der Waals surface area contributed by atoms with Crippen LogP contribution < -0.4 is 5.73 Å². The maximum atomic E-state index is 6.24. The van der Waals surface area contributed by atoms with E-state index >= 15 is 0 Å². The molecule has 0 heterocycles. The number of benzene rings is 1. The zero-order valence-corrected chi connectivity index (χ0v) is 17.1. The van der Waals surface area contributed by atoms with E-state index in [4.69, 9.17) is 5.73 Å². The summed E-state index contributed by atoms with van der Waals surface area (Å²) >= 11 is 0. The number of hydrogen-bond acceptors (Lipinski definition) is 1. The first-order chi connectivity index (χ1) is 12.5. The molecule has 1 aromatic carbocycles. The van der Waals surface area contributed by atoms with Crippen molar-refractivity contribution in [1.29, 1.82) is 0 Å². The lowest BCUT2D eigenvalue weighted by molar-refractivity contribution is 0.0573. The summed E-state index contributed by atoms with van der Waals surface area (Å²) in [5, 5.41) is 0. The second-order valence-electron chi connectivity index (χ2n) is 8.45. The quantitative estimate of drug-likeness (QED) is 0.339. The lowest BCUT2D eigenvalue weighted by Gasteiger charge is -2.46. The molecule has 1 nitrogen and oxygen atoms in total. The van der Waals surface area contributed by atoms with Crippen molar-refractivity contribution in [2.24, 2.45) is 23.2 Å². The molecule has 3 unspecified atom stereocenters. The summed E-state index contributed by atoms with van der Waals surface area (Å²) in [5.74, 6) is 8.73. The summed E-state index contributed by atoms with van der Waals surface area (Å²) in [6, 6.07) is 4.49. The minimum Gasteiger partial charge on any atom is -0.398 e. The minimum atomic E-state index is 0.412. The SMILES string of the molecule is C=C1CCC2C3CCc4cc(N)c(C#CC)cc4CC3CC[C@]12C.CC. The molecule has 0 aromatic heterocycles. The van der Waals surface area contributed by atoms with Crippen molar-refractivity contribution in [3.8, 4) is 11.8 Å². The van der Waals surface area contributed by atoms with Crippen LogP contribution in [-0.4, -0.2) is 0 Å². The average Bonchev–Trinajstić information content (AvgIpc) is 2.83. The predicted octanol–water partition coefficient (Wildman–Crippen LogP) is 6.15. The number of aryl methyl sites for hydroxylation is 1. The van der Waals surface area contributed by atoms with Crippen LogP contribution in [0.1, 0.15) is 76.5 Å². The Bertz CT molecular complexity index is 747. The highest BCUT2D eigenvalue weighted by molar-refractivity contribution is 5.59. The first kappa shape index (κ1) is 19.1. The molecule has 0 aliphatic heterocycles. The molecule has 26 heavy (non-hydrogen) atoms. The van der Waals surface area contributed by atoms with Gasteiger partial charge in [-0.15, -0.1) is 5.92 Å². The molecule has 0 saturated heterocycles. The molecule has 3 aliphatic carbocycles. The van der Waals surface area contributed by atoms with Gasteiger partial charge in [0.05, 0.1) is 0 Å². The van der Waals surface area contributed by atoms with Crippen molar-refractivity contribution in [3.63, 3.8) is 0 Å². The smallest absolute Gasteiger partial charge is 0.0477 e. The fourth-order valence-corrected chi connectivity index (χ4v) is 5.94. The second kappa shape index (κ2) is 7.51. The highest BCUT2D eigenvalue weighted by atomic mass is 14.6. The fraction of sp³-hybridized carbons (Fsp3) is 0.600. The van der Waals surface area contributed by atoms with E-state index in [-0.39, 0.29) is 0 Å². The Morgan fingerprint density at radius 1 is 1.12 bits per heavy atom. The third kappa shape index (κ3) is 3.09. The van der Waals surface area contributed by atoms with Gasteiger partial charge in [0.1, 0.15) is 0 Å². The largest absolute Gasteiger partial charge is 0.398 e. The van der Waals surface area contributed by atoms with Crippen molar-refractivity contribution >= 4 is 5.69 Å². The Kier molecular flexibility index (Phi) is 5.52. The summed E-state index contributed by atoms with van der Waals surface area (Å²) in [6.07, 6.45) is 9.03. The maximum absolute atomic E-state index is 6.24. The number of hydrogen-bond donors (Lipinski definition) is 1. The summed E-state index contributed by atoms with van der Waals surface area (Å²) < 4.78 is 0. The third-order valence-corrected chi connectivity index (χ3v) is 7.40. The maximum Gasteiger partial charge on any atom is 0.0477 e. The van der Waals surface area contributed by atoms with Crippen LogP contribution in [0.2, 0.25) is 0 Å². The topological polar surface area (TPSA) is 26.0 Å². The van der Waals surface area contributed by atoms with E-state index < -0.39 is 0 Å². The Hall–Kier alpha value is -1.68. The van der Waals surface area contributed by atoms with Crippen LogP contribution in [0.4, 0.5) is 5.69 Å². The molecule has 0 radical (unpaired) electrons. The summed E-state index contributed by atoms with van der Waals surface area (Å²) in [6.45, 7) is 12.8. The van der Waals surface area contributed by atoms with E-state index in [0.29, 0.717) is 5.41 Å². The van der Waals surface area contributed by atoms with Gasteiger partial charge in [-0.25, -0.2) is 0 Å². The molecule has 2 N–H and O–H groups in total. The van der Waals surface area contributed by atoms with Crippen molar-refractivity contribution in [2.75, 3.05) is 5.73 Å². The van der Waals surface area contributed by atoms with Gasteiger partial charge in [-0.3, -0.25) is 0 Å². The van der Waals surface area contributed by atoms with Crippen molar-refractivity contribution in [1.82, 2.24) is 0 Å². The van der Waals surface area contributed by atoms with Crippen molar-refractivity contribution in [2.45, 2.75) is 72.6 Å². The van der Waals surface area contributed by atoms with Crippen LogP contribution >= 0.6 is 0 Å². The van der Waals surface area contributed by atoms with Crippen LogP contribution in [0.25, 0.3) is 0 Å². The summed E-state index contributed by atoms with van der Waals surface area (Å²) in [5.41, 5.74) is 13.0. The van der Waals surface area contributed by atoms with Gasteiger partial charge in [0.25, 0.3) is 0 Å². The molecule has 2 saturated carbocycles. The van der Waals surface area contributed by atoms with Gasteiger partial charge in [0.15, 0.2) is 0 Å². The average molecular weight is 350 g/mol. The molecule has 140 valence electrons. The predicted molar refractivity (Wildman–Crippen MR) is 113 cm³/mol. The molecule has 4 rings (SSSR count). The Labute approximate surface area is 160 Å². The zero-order chi connectivity index (χ0) is 18.9. The first-order valence-corrected chi connectivity index (χ1v) is 10.5. The van der Waals surface area contributed by atoms with E-state index in [1.165, 1.54) is 61.6 Å². The van der Waals surface area contributed by atoms with Crippen LogP contribution in [0, 0.1) is 35.0 Å². The highest BCUT2D eigenvalue weighted by Crippen LogP contribution is 2.60. The van der Waals surface area contributed by atoms with Crippen LogP contribution in [0.3, 0.4) is 0 Å². The molecule has 0 spiro atoms. The minimum absolute atomic E-state index is 0.412. The van der Waals surface area contributed by atoms with E-state index in [1.807, 2.05) is 20.8 Å². The van der Waals surface area contributed by atoms with Gasteiger partial charge >= 0.3 is 0 Å². The number of anilines is 1. The van der Waals surface area contributed by atoms with Gasteiger partial charge in [-0.05, 0) is 98.3 Å². The van der Waals surface area contributed by atoms with E-state index in [9.17, 15) is 0 Å². The number of nitrogens with two attached hydrogens (primary N) is 1. The lowest BCUT2D eigenvalue weighted by atomic mass is 9.58. The van der Waals surface area contributed by atoms with Gasteiger partial charge in [-0.2, -0.15) is 0 Å². The summed E-state index contributed by atoms with van der Waals surface area (Å²) in [7, 11) is 0. The molecular weight excluding hydrogens is 314 g/mol. The Balaban J connectivity index is 0.000000948. The van der Waals surface area contributed by atoms with Crippen molar-refractivity contribution < 1.29 is 0 Å². The fourth-order valence-electron chi connectivity index (χ4n) is 5.94. The van der Waals surface area contributed by atoms with Gasteiger partial charge < -0.3 is 5.73 Å². The third-order valence-electron chi connectivity index (χ3n) is 7.40. The first-order valence-electron chi connectivity index (χ1n) is 10.5. The molecule has 3 aliphatic rings. The second-order valence-corrected chi connectivity index (χ2v) is 8.45. The van der Waals surface area contributed by atoms with E-state index in [0.717, 1.165) is 29.0 Å². The number of allylic oxidation sites excluding steroid dienone is 1. The van der Waals surface area contributed by atoms with Crippen molar-refractivity contribution in [3.05, 3.63) is 41.0 Å². The summed E-state index contributed by atoms with van der Waals surface area (Å²) in [4.78, 5) is 0. The number of fused-ring (bicyclic) bond motifs is 4. The van der Waals surface area contributed by atoms with Gasteiger partial charge in [0, 0.05) is 11.3 Å². The van der Waals surface area contributed by atoms with Crippen LogP contribution in [0.5, 0.6) is 0 Å². The molecule has 0 bridgehead atoms. The van der Waals surface area contributed by atoms with Gasteiger partial charge in [0.2, 0.25) is 0 Å². The standard InChI is InChI=1S/C23H29N.C2H6/c1-4-5-18-13-19-12-17-10-11-23(3)15(2)6-9-21(23)20(17)8-7-16(19)14-22(18)24;1-2/h13-14,17,20-21H,2,6-12,24H2,1,3H3;1-2H3/t17?,20?,21?,23-;/m1./s1. The van der Waals surface area contributed by atoms with E-state index in [1.54, 1.807) is 0 Å². The zero-order valence-electron chi connectivity index (χ0n) is 17.1. The monoisotopic (exact) mass is 349 g/mol. The highest BCUT2D eigenvalue weighted by Gasteiger charge is 2.50. The Morgan fingerprint density at radius 2 is 1.88 bits per heavy atom. The number of nitrogen functional groups attached to an aromatic ring is 1. The number of rotatable bonds is 0. The molecule has 4 atom stereocenters. The van der Waals surface area contributed by atoms with Crippen LogP contribution in [-0.2, 0) is 12.8 Å². The van der Waals surface area contributed by atoms with E-state index in [2.05, 4.69) is 37.5 Å². The molecule has 0 amide bonds. The Morgan fingerprint density at radius 3 is 2.62 bits per heavy atom. The van der Waals surface area contributed by atoms with Gasteiger partial charge in [-0.1, -0.05) is 38.8 Å². The van der Waals surface area contributed by atoms with Crippen LogP contribution in [0.15, 0.2) is 24.3 Å². The lowest BCUT2D eigenvalue weighted by Crippen LogP contribution is -2.39. The molecule has 1 heteroatoms. The molecular formula is C25H35N. The normalized spacial score (nSPS) is 32.0. The molecule has 1 aromatic rings. The molecule has 2 fully saturated rings.